The zero-order valence-corrected chi connectivity index (χ0v) is 22.0. The average Bonchev–Trinajstić information content (AvgIpc) is 3.62. The van der Waals surface area contributed by atoms with Crippen LogP contribution < -0.4 is 10.1 Å². The van der Waals surface area contributed by atoms with E-state index < -0.39 is 6.04 Å². The van der Waals surface area contributed by atoms with Crippen LogP contribution in [0.15, 0.2) is 79.4 Å². The Balaban J connectivity index is 1.24. The van der Waals surface area contributed by atoms with E-state index in [2.05, 4.69) is 15.4 Å². The normalized spacial score (nSPS) is 16.6. The van der Waals surface area contributed by atoms with Crippen LogP contribution in [-0.4, -0.2) is 44.1 Å². The van der Waals surface area contributed by atoms with Crippen LogP contribution in [0.25, 0.3) is 0 Å². The smallest absolute Gasteiger partial charge is 0.247 e. The molecule has 2 atom stereocenters. The number of nitrogens with zero attached hydrogens (tertiary/aromatic N) is 4. The van der Waals surface area contributed by atoms with E-state index in [1.54, 1.807) is 60.4 Å². The van der Waals surface area contributed by atoms with Gasteiger partial charge in [-0.1, -0.05) is 12.1 Å². The molecule has 0 spiro atoms. The van der Waals surface area contributed by atoms with E-state index in [1.165, 1.54) is 35.5 Å². The second kappa shape index (κ2) is 12.1. The van der Waals surface area contributed by atoms with Gasteiger partial charge in [0, 0.05) is 12.2 Å². The van der Waals surface area contributed by atoms with Crippen molar-refractivity contribution < 1.29 is 23.1 Å². The highest BCUT2D eigenvalue weighted by Crippen LogP contribution is 2.30. The standard InChI is InChI=1S/C30H29F2N5O3/c1-20-14-26(12-13-27(20)32)40-25-10-8-24(9-11-25)35-30(39)28-15-22(3-2-21-4-6-23(31)7-5-21)16-37(28)29(38)17-36-19-33-18-34-36/h4-14,18-19,22,28H,2-3,15-17H2,1H3,(H,35,39). The van der Waals surface area contributed by atoms with Crippen molar-refractivity contribution in [2.75, 3.05) is 11.9 Å². The Hall–Kier alpha value is -4.60. The molecule has 4 aromatic rings. The number of benzene rings is 3. The van der Waals surface area contributed by atoms with Gasteiger partial charge in [-0.15, -0.1) is 0 Å². The number of carbonyl (C=O) groups excluding carboxylic acids is 2. The third-order valence-corrected chi connectivity index (χ3v) is 7.02. The highest BCUT2D eigenvalue weighted by Gasteiger charge is 2.39. The summed E-state index contributed by atoms with van der Waals surface area (Å²) in [6.45, 7) is 2.09. The Kier molecular flexibility index (Phi) is 8.14. The van der Waals surface area contributed by atoms with Crippen molar-refractivity contribution in [1.82, 2.24) is 19.7 Å². The van der Waals surface area contributed by atoms with Gasteiger partial charge in [0.05, 0.1) is 0 Å². The molecule has 5 rings (SSSR count). The predicted molar refractivity (Wildman–Crippen MR) is 145 cm³/mol. The second-order valence-corrected chi connectivity index (χ2v) is 9.95. The van der Waals surface area contributed by atoms with E-state index >= 15 is 0 Å². The first-order chi connectivity index (χ1) is 19.3. The first-order valence-corrected chi connectivity index (χ1v) is 13.1. The van der Waals surface area contributed by atoms with Gasteiger partial charge in [0.2, 0.25) is 11.8 Å². The molecular formula is C30H29F2N5O3. The largest absolute Gasteiger partial charge is 0.457 e. The van der Waals surface area contributed by atoms with E-state index in [1.807, 2.05) is 0 Å². The van der Waals surface area contributed by atoms with Crippen LogP contribution in [0, 0.1) is 24.5 Å². The number of rotatable bonds is 9. The van der Waals surface area contributed by atoms with Gasteiger partial charge in [-0.3, -0.25) is 9.59 Å². The molecule has 2 unspecified atom stereocenters. The van der Waals surface area contributed by atoms with Gasteiger partial charge >= 0.3 is 0 Å². The van der Waals surface area contributed by atoms with Crippen molar-refractivity contribution in [2.24, 2.45) is 5.92 Å². The van der Waals surface area contributed by atoms with E-state index in [0.29, 0.717) is 35.7 Å². The lowest BCUT2D eigenvalue weighted by molar-refractivity contribution is -0.137. The Morgan fingerprint density at radius 1 is 1.02 bits per heavy atom. The van der Waals surface area contributed by atoms with Crippen LogP contribution in [0.4, 0.5) is 14.5 Å². The molecule has 1 aromatic heterocycles. The van der Waals surface area contributed by atoms with Crippen molar-refractivity contribution >= 4 is 17.5 Å². The summed E-state index contributed by atoms with van der Waals surface area (Å²) in [5.74, 6) is 0.0770. The molecule has 1 fully saturated rings. The molecule has 3 aromatic carbocycles. The number of nitrogens with one attached hydrogen (secondary N) is 1. The number of aromatic nitrogens is 3. The molecule has 206 valence electrons. The maximum atomic E-state index is 13.5. The first-order valence-electron chi connectivity index (χ1n) is 13.1. The van der Waals surface area contributed by atoms with Crippen molar-refractivity contribution in [3.8, 4) is 11.5 Å². The van der Waals surface area contributed by atoms with E-state index in [9.17, 15) is 18.4 Å². The van der Waals surface area contributed by atoms with Gasteiger partial charge in [-0.05, 0) is 97.8 Å². The minimum atomic E-state index is -0.646. The fourth-order valence-electron chi connectivity index (χ4n) is 4.87. The molecule has 2 heterocycles. The van der Waals surface area contributed by atoms with Gasteiger partial charge in [-0.2, -0.15) is 5.10 Å². The van der Waals surface area contributed by atoms with Gasteiger partial charge in [-0.25, -0.2) is 18.4 Å². The molecular weight excluding hydrogens is 516 g/mol. The third kappa shape index (κ3) is 6.69. The summed E-state index contributed by atoms with van der Waals surface area (Å²) in [5, 5.41) is 6.93. The van der Waals surface area contributed by atoms with Gasteiger partial charge in [0.25, 0.3) is 0 Å². The van der Waals surface area contributed by atoms with E-state index in [4.69, 9.17) is 4.74 Å². The molecule has 0 aliphatic carbocycles. The molecule has 2 amide bonds. The first kappa shape index (κ1) is 27.0. The number of aryl methyl sites for hydroxylation is 2. The number of amides is 2. The molecule has 1 aliphatic rings. The van der Waals surface area contributed by atoms with Crippen LogP contribution in [0.2, 0.25) is 0 Å². The number of anilines is 1. The van der Waals surface area contributed by atoms with E-state index in [-0.39, 0.29) is 35.9 Å². The van der Waals surface area contributed by atoms with Crippen LogP contribution in [0.1, 0.15) is 24.0 Å². The van der Waals surface area contributed by atoms with Crippen molar-refractivity contribution in [1.29, 1.82) is 0 Å². The van der Waals surface area contributed by atoms with Gasteiger partial charge < -0.3 is 15.0 Å². The minimum absolute atomic E-state index is 0.0106. The average molecular weight is 546 g/mol. The number of halogens is 2. The van der Waals surface area contributed by atoms with Crippen molar-refractivity contribution in [3.05, 3.63) is 102 Å². The van der Waals surface area contributed by atoms with Gasteiger partial charge in [0.15, 0.2) is 0 Å². The molecule has 1 saturated heterocycles. The molecule has 0 bridgehead atoms. The number of carbonyl (C=O) groups is 2. The summed E-state index contributed by atoms with van der Waals surface area (Å²) in [6.07, 6.45) is 4.82. The van der Waals surface area contributed by atoms with Crippen molar-refractivity contribution in [2.45, 2.75) is 38.8 Å². The fraction of sp³-hybridized carbons (Fsp3) is 0.267. The topological polar surface area (TPSA) is 89.4 Å². The highest BCUT2D eigenvalue weighted by atomic mass is 19.1. The molecule has 10 heteroatoms. The van der Waals surface area contributed by atoms with Crippen LogP contribution in [-0.2, 0) is 22.6 Å². The molecule has 0 radical (unpaired) electrons. The summed E-state index contributed by atoms with van der Waals surface area (Å²) in [7, 11) is 0. The number of ether oxygens (including phenoxy) is 1. The molecule has 1 N–H and O–H groups in total. The summed E-state index contributed by atoms with van der Waals surface area (Å²) in [4.78, 5) is 32.1. The van der Waals surface area contributed by atoms with Crippen LogP contribution in [0.3, 0.4) is 0 Å². The van der Waals surface area contributed by atoms with Gasteiger partial charge in [0.1, 0.15) is 48.4 Å². The van der Waals surface area contributed by atoms with Crippen molar-refractivity contribution in [3.63, 3.8) is 0 Å². The SMILES string of the molecule is Cc1cc(Oc2ccc(NC(=O)C3CC(CCc4ccc(F)cc4)CN3C(=O)Cn3cncn3)cc2)ccc1F. The lowest BCUT2D eigenvalue weighted by atomic mass is 9.96. The quantitative estimate of drug-likeness (QED) is 0.314. The third-order valence-electron chi connectivity index (χ3n) is 7.02. The lowest BCUT2D eigenvalue weighted by Crippen LogP contribution is -2.44. The molecule has 8 nitrogen and oxygen atoms in total. The monoisotopic (exact) mass is 545 g/mol. The zero-order valence-electron chi connectivity index (χ0n) is 22.0. The minimum Gasteiger partial charge on any atom is -0.457 e. The predicted octanol–water partition coefficient (Wildman–Crippen LogP) is 5.15. The van der Waals surface area contributed by atoms with Crippen LogP contribution >= 0.6 is 0 Å². The Labute approximate surface area is 230 Å². The highest BCUT2D eigenvalue weighted by molar-refractivity contribution is 5.97. The second-order valence-electron chi connectivity index (χ2n) is 9.95. The maximum absolute atomic E-state index is 13.5. The Morgan fingerprint density at radius 3 is 2.48 bits per heavy atom. The van der Waals surface area contributed by atoms with Crippen LogP contribution in [0.5, 0.6) is 11.5 Å². The molecule has 0 saturated carbocycles. The zero-order chi connectivity index (χ0) is 28.1. The maximum Gasteiger partial charge on any atom is 0.247 e. The number of hydrogen-bond acceptors (Lipinski definition) is 5. The summed E-state index contributed by atoms with van der Waals surface area (Å²) >= 11 is 0. The summed E-state index contributed by atoms with van der Waals surface area (Å²) < 4.78 is 34.0. The van der Waals surface area contributed by atoms with E-state index in [0.717, 1.165) is 18.4 Å². The Morgan fingerprint density at radius 2 is 1.77 bits per heavy atom. The Bertz CT molecular complexity index is 1460. The summed E-state index contributed by atoms with van der Waals surface area (Å²) in [5.41, 5.74) is 2.05. The molecule has 1 aliphatic heterocycles. The number of hydrogen-bond donors (Lipinski definition) is 1. The summed E-state index contributed by atoms with van der Waals surface area (Å²) in [6, 6.07) is 17.1. The lowest BCUT2D eigenvalue weighted by Gasteiger charge is -2.24. The number of likely N-dealkylation sites (tertiary alicyclic amines) is 1. The molecule has 40 heavy (non-hydrogen) atoms. The fourth-order valence-corrected chi connectivity index (χ4v) is 4.87.